The van der Waals surface area contributed by atoms with Crippen molar-refractivity contribution in [3.8, 4) is 0 Å². The Morgan fingerprint density at radius 2 is 1.93 bits per heavy atom. The first kappa shape index (κ1) is 25.3. The van der Waals surface area contributed by atoms with E-state index in [0.29, 0.717) is 22.5 Å². The van der Waals surface area contributed by atoms with E-state index in [1.807, 2.05) is 34.6 Å². The van der Waals surface area contributed by atoms with Crippen molar-refractivity contribution in [2.24, 2.45) is 0 Å². The Morgan fingerprint density at radius 1 is 1.32 bits per heavy atom. The van der Waals surface area contributed by atoms with Gasteiger partial charge in [-0.2, -0.15) is 0 Å². The molecule has 0 bridgehead atoms. The van der Waals surface area contributed by atoms with Crippen molar-refractivity contribution in [1.82, 2.24) is 4.90 Å². The molecule has 1 aromatic rings. The SMILES string of the molecule is C=CN1C(=C)C=C(C(=O)O)C(C)=C1C(C)OCc1cccc(F)c1.CC.CC. The van der Waals surface area contributed by atoms with Crippen LogP contribution < -0.4 is 0 Å². The molecule has 1 unspecified atom stereocenters. The minimum atomic E-state index is -1.02. The number of halogens is 1. The topological polar surface area (TPSA) is 49.8 Å². The Kier molecular flexibility index (Phi) is 11.5. The quantitative estimate of drug-likeness (QED) is 0.644. The lowest BCUT2D eigenvalue weighted by molar-refractivity contribution is -0.132. The highest BCUT2D eigenvalue weighted by Crippen LogP contribution is 2.32. The molecule has 1 N–H and O–H groups in total. The number of carboxylic acid groups (broad SMARTS) is 1. The summed E-state index contributed by atoms with van der Waals surface area (Å²) >= 11 is 0. The number of rotatable bonds is 6. The number of hydrogen-bond acceptors (Lipinski definition) is 3. The van der Waals surface area contributed by atoms with E-state index in [0.717, 1.165) is 0 Å². The molecule has 0 spiro atoms. The fourth-order valence-electron chi connectivity index (χ4n) is 2.68. The number of ether oxygens (including phenoxy) is 1. The smallest absolute Gasteiger partial charge is 0.336 e. The normalized spacial score (nSPS) is 14.2. The molecule has 0 aliphatic carbocycles. The number of aliphatic carboxylic acids is 1. The van der Waals surface area contributed by atoms with Crippen LogP contribution in [0.15, 0.2) is 72.2 Å². The van der Waals surface area contributed by atoms with E-state index in [1.165, 1.54) is 18.2 Å². The van der Waals surface area contributed by atoms with E-state index in [4.69, 9.17) is 4.74 Å². The first-order valence-corrected chi connectivity index (χ1v) is 9.48. The van der Waals surface area contributed by atoms with Gasteiger partial charge in [-0.25, -0.2) is 9.18 Å². The molecule has 1 heterocycles. The number of hydrogen-bond donors (Lipinski definition) is 1. The molecule has 0 radical (unpaired) electrons. The monoisotopic (exact) mass is 389 g/mol. The number of carbonyl (C=O) groups is 1. The van der Waals surface area contributed by atoms with E-state index in [9.17, 15) is 14.3 Å². The lowest BCUT2D eigenvalue weighted by Gasteiger charge is -2.33. The van der Waals surface area contributed by atoms with E-state index < -0.39 is 12.1 Å². The molecule has 4 nitrogen and oxygen atoms in total. The molecule has 28 heavy (non-hydrogen) atoms. The van der Waals surface area contributed by atoms with Gasteiger partial charge in [0.25, 0.3) is 0 Å². The van der Waals surface area contributed by atoms with Crippen molar-refractivity contribution in [3.05, 3.63) is 83.6 Å². The van der Waals surface area contributed by atoms with E-state index in [-0.39, 0.29) is 18.0 Å². The zero-order valence-corrected chi connectivity index (χ0v) is 17.8. The molecule has 0 saturated carbocycles. The van der Waals surface area contributed by atoms with Gasteiger partial charge >= 0.3 is 5.97 Å². The largest absolute Gasteiger partial charge is 0.478 e. The Morgan fingerprint density at radius 3 is 2.43 bits per heavy atom. The molecule has 1 aliphatic rings. The third-order valence-corrected chi connectivity index (χ3v) is 3.86. The maximum absolute atomic E-state index is 13.2. The fraction of sp³-hybridized carbons (Fsp3) is 0.348. The van der Waals surface area contributed by atoms with Crippen LogP contribution >= 0.6 is 0 Å². The standard InChI is InChI=1S/C19H20FNO3.2C2H6/c1-5-21-12(2)9-17(19(22)23)13(3)18(21)14(4)24-11-15-7-6-8-16(20)10-15;2*1-2/h5-10,14H,1-2,11H2,3-4H3,(H,22,23);2*1-2H3. The summed E-state index contributed by atoms with van der Waals surface area (Å²) < 4.78 is 19.1. The Bertz CT molecular complexity index is 750. The summed E-state index contributed by atoms with van der Waals surface area (Å²) in [4.78, 5) is 13.1. The van der Waals surface area contributed by atoms with E-state index >= 15 is 0 Å². The summed E-state index contributed by atoms with van der Waals surface area (Å²) in [6, 6.07) is 6.16. The summed E-state index contributed by atoms with van der Waals surface area (Å²) in [7, 11) is 0. The number of allylic oxidation sites excluding steroid dienone is 1. The molecular formula is C23H32FNO3. The predicted molar refractivity (Wildman–Crippen MR) is 113 cm³/mol. The average Bonchev–Trinajstić information content (AvgIpc) is 2.70. The van der Waals surface area contributed by atoms with E-state index in [1.54, 1.807) is 30.2 Å². The van der Waals surface area contributed by atoms with Gasteiger partial charge in [0.1, 0.15) is 5.82 Å². The number of benzene rings is 1. The molecular weight excluding hydrogens is 357 g/mol. The highest BCUT2D eigenvalue weighted by atomic mass is 19.1. The van der Waals surface area contributed by atoms with Gasteiger partial charge in [0.2, 0.25) is 0 Å². The Hall–Kier alpha value is -2.66. The van der Waals surface area contributed by atoms with Crippen LogP contribution in [0.1, 0.15) is 47.1 Å². The second-order valence-electron chi connectivity index (χ2n) is 5.50. The first-order valence-electron chi connectivity index (χ1n) is 9.48. The molecule has 0 saturated heterocycles. The summed E-state index contributed by atoms with van der Waals surface area (Å²) in [6.07, 6.45) is 2.64. The molecule has 5 heteroatoms. The minimum Gasteiger partial charge on any atom is -0.478 e. The van der Waals surface area contributed by atoms with Crippen LogP contribution in [0.2, 0.25) is 0 Å². The molecule has 1 atom stereocenters. The third kappa shape index (κ3) is 6.50. The van der Waals surface area contributed by atoms with Crippen molar-refractivity contribution in [2.75, 3.05) is 0 Å². The summed E-state index contributed by atoms with van der Waals surface area (Å²) in [6.45, 7) is 19.4. The van der Waals surface area contributed by atoms with Gasteiger partial charge in [-0.3, -0.25) is 0 Å². The third-order valence-electron chi connectivity index (χ3n) is 3.86. The number of nitrogens with zero attached hydrogens (tertiary/aromatic N) is 1. The highest BCUT2D eigenvalue weighted by molar-refractivity contribution is 5.93. The van der Waals surface area contributed by atoms with Crippen LogP contribution in [0.25, 0.3) is 0 Å². The molecule has 0 amide bonds. The lowest BCUT2D eigenvalue weighted by Crippen LogP contribution is -2.30. The fourth-order valence-corrected chi connectivity index (χ4v) is 2.68. The van der Waals surface area contributed by atoms with Crippen molar-refractivity contribution < 1.29 is 19.0 Å². The maximum Gasteiger partial charge on any atom is 0.336 e. The van der Waals surface area contributed by atoms with Crippen molar-refractivity contribution in [3.63, 3.8) is 0 Å². The van der Waals surface area contributed by atoms with Gasteiger partial charge < -0.3 is 14.7 Å². The average molecular weight is 390 g/mol. The Balaban J connectivity index is 0.00000171. The van der Waals surface area contributed by atoms with Crippen LogP contribution in [0, 0.1) is 5.82 Å². The van der Waals surface area contributed by atoms with Crippen LogP contribution in [-0.4, -0.2) is 22.1 Å². The zero-order chi connectivity index (χ0) is 21.9. The summed E-state index contributed by atoms with van der Waals surface area (Å²) in [5.74, 6) is -1.35. The van der Waals surface area contributed by atoms with Gasteiger partial charge in [-0.1, -0.05) is 53.0 Å². The van der Waals surface area contributed by atoms with Crippen LogP contribution in [0.3, 0.4) is 0 Å². The minimum absolute atomic E-state index is 0.175. The molecule has 1 aromatic carbocycles. The maximum atomic E-state index is 13.2. The molecule has 154 valence electrons. The first-order chi connectivity index (χ1) is 13.3. The lowest BCUT2D eigenvalue weighted by atomic mass is 9.97. The summed E-state index contributed by atoms with van der Waals surface area (Å²) in [5, 5.41) is 9.35. The van der Waals surface area contributed by atoms with Crippen LogP contribution in [-0.2, 0) is 16.1 Å². The molecule has 0 fully saturated rings. The predicted octanol–water partition coefficient (Wildman–Crippen LogP) is 6.04. The summed E-state index contributed by atoms with van der Waals surface area (Å²) in [5.41, 5.74) is 2.63. The molecule has 1 aliphatic heterocycles. The van der Waals surface area contributed by atoms with Gasteiger partial charge in [-0.05, 0) is 43.2 Å². The van der Waals surface area contributed by atoms with Gasteiger partial charge in [-0.15, -0.1) is 0 Å². The van der Waals surface area contributed by atoms with Crippen LogP contribution in [0.4, 0.5) is 4.39 Å². The second-order valence-corrected chi connectivity index (χ2v) is 5.50. The molecule has 2 rings (SSSR count). The van der Waals surface area contributed by atoms with Crippen molar-refractivity contribution >= 4 is 5.97 Å². The number of carboxylic acids is 1. The van der Waals surface area contributed by atoms with Gasteiger partial charge in [0.05, 0.1) is 24.0 Å². The van der Waals surface area contributed by atoms with E-state index in [2.05, 4.69) is 13.2 Å². The zero-order valence-electron chi connectivity index (χ0n) is 17.8. The van der Waals surface area contributed by atoms with Gasteiger partial charge in [0.15, 0.2) is 0 Å². The van der Waals surface area contributed by atoms with Crippen molar-refractivity contribution in [2.45, 2.75) is 54.3 Å². The second kappa shape index (κ2) is 12.7. The van der Waals surface area contributed by atoms with Crippen LogP contribution in [0.5, 0.6) is 0 Å². The Labute approximate surface area is 168 Å². The van der Waals surface area contributed by atoms with Gasteiger partial charge in [0, 0.05) is 11.9 Å². The molecule has 0 aromatic heterocycles. The van der Waals surface area contributed by atoms with Crippen molar-refractivity contribution in [1.29, 1.82) is 0 Å². The highest BCUT2D eigenvalue weighted by Gasteiger charge is 2.27.